The number of hydrogen-bond donors (Lipinski definition) is 1. The number of sulfonamides is 1. The Morgan fingerprint density at radius 3 is 2.33 bits per heavy atom. The molecule has 0 aliphatic heterocycles. The molecule has 0 heterocycles. The number of rotatable bonds is 10. The first kappa shape index (κ1) is 23.3. The second-order valence-electron chi connectivity index (χ2n) is 6.85. The van der Waals surface area contributed by atoms with Crippen LogP contribution in [0.5, 0.6) is 17.2 Å². The van der Waals surface area contributed by atoms with Gasteiger partial charge in [-0.25, -0.2) is 8.42 Å². The van der Waals surface area contributed by atoms with Gasteiger partial charge in [-0.1, -0.05) is 18.2 Å². The molecule has 0 saturated carbocycles. The van der Waals surface area contributed by atoms with E-state index < -0.39 is 15.9 Å². The van der Waals surface area contributed by atoms with Crippen molar-refractivity contribution in [2.45, 2.75) is 19.9 Å². The van der Waals surface area contributed by atoms with Crippen LogP contribution in [0.4, 0.5) is 5.69 Å². The number of ether oxygens (including phenoxy) is 3. The lowest BCUT2D eigenvalue weighted by Crippen LogP contribution is -2.44. The number of nitrogens with zero attached hydrogens (tertiary/aromatic N) is 1. The SMILES string of the molecule is COc1ccc(N(CC(=O)NC(C)COc2ccccc2C)S(C)(=O)=O)cc1OC. The van der Waals surface area contributed by atoms with Crippen LogP contribution in [0.2, 0.25) is 0 Å². The zero-order valence-electron chi connectivity index (χ0n) is 17.8. The van der Waals surface area contributed by atoms with Gasteiger partial charge in [-0.2, -0.15) is 0 Å². The van der Waals surface area contributed by atoms with Crippen molar-refractivity contribution in [3.63, 3.8) is 0 Å². The van der Waals surface area contributed by atoms with E-state index in [9.17, 15) is 13.2 Å². The van der Waals surface area contributed by atoms with Crippen molar-refractivity contribution in [2.24, 2.45) is 0 Å². The molecule has 1 unspecified atom stereocenters. The molecular formula is C21H28N2O6S. The summed E-state index contributed by atoms with van der Waals surface area (Å²) in [6.07, 6.45) is 1.04. The monoisotopic (exact) mass is 436 g/mol. The molecule has 30 heavy (non-hydrogen) atoms. The van der Waals surface area contributed by atoms with Gasteiger partial charge in [0.25, 0.3) is 0 Å². The van der Waals surface area contributed by atoms with E-state index >= 15 is 0 Å². The van der Waals surface area contributed by atoms with Crippen LogP contribution in [-0.4, -0.2) is 54.0 Å². The Morgan fingerprint density at radius 1 is 1.07 bits per heavy atom. The predicted octanol–water partition coefficient (Wildman–Crippen LogP) is 2.36. The molecule has 1 N–H and O–H groups in total. The average Bonchev–Trinajstić information content (AvgIpc) is 2.70. The summed E-state index contributed by atoms with van der Waals surface area (Å²) in [5, 5.41) is 2.77. The summed E-state index contributed by atoms with van der Waals surface area (Å²) < 4.78 is 41.8. The van der Waals surface area contributed by atoms with Gasteiger partial charge in [0.05, 0.1) is 32.2 Å². The molecule has 0 bridgehead atoms. The lowest BCUT2D eigenvalue weighted by atomic mass is 10.2. The van der Waals surface area contributed by atoms with Crippen LogP contribution in [0.25, 0.3) is 0 Å². The van der Waals surface area contributed by atoms with Gasteiger partial charge >= 0.3 is 0 Å². The molecule has 8 nitrogen and oxygen atoms in total. The van der Waals surface area contributed by atoms with Crippen LogP contribution in [0.1, 0.15) is 12.5 Å². The first-order chi connectivity index (χ1) is 14.2. The third-order valence-electron chi connectivity index (χ3n) is 4.33. The molecule has 0 aliphatic carbocycles. The lowest BCUT2D eigenvalue weighted by Gasteiger charge is -2.24. The van der Waals surface area contributed by atoms with Gasteiger partial charge in [0.1, 0.15) is 18.9 Å². The number of hydrogen-bond acceptors (Lipinski definition) is 6. The summed E-state index contributed by atoms with van der Waals surface area (Å²) in [7, 11) is -0.770. The zero-order chi connectivity index (χ0) is 22.3. The second kappa shape index (κ2) is 10.2. The van der Waals surface area contributed by atoms with E-state index in [0.29, 0.717) is 17.2 Å². The highest BCUT2D eigenvalue weighted by atomic mass is 32.2. The Labute approximate surface area is 177 Å². The quantitative estimate of drug-likeness (QED) is 0.615. The highest BCUT2D eigenvalue weighted by Gasteiger charge is 2.23. The minimum absolute atomic E-state index is 0.256. The summed E-state index contributed by atoms with van der Waals surface area (Å²) in [6.45, 7) is 3.61. The van der Waals surface area contributed by atoms with Gasteiger partial charge in [0.15, 0.2) is 11.5 Å². The van der Waals surface area contributed by atoms with Crippen molar-refractivity contribution >= 4 is 21.6 Å². The standard InChI is InChI=1S/C21H28N2O6S/c1-15-8-6-7-9-18(15)29-14-16(2)22-21(24)13-23(30(5,25)26)17-10-11-19(27-3)20(12-17)28-4/h6-12,16H,13-14H2,1-5H3,(H,22,24). The third-order valence-corrected chi connectivity index (χ3v) is 5.47. The molecule has 2 aromatic rings. The Kier molecular flexibility index (Phi) is 7.93. The topological polar surface area (TPSA) is 94.2 Å². The molecule has 0 spiro atoms. The van der Waals surface area contributed by atoms with Crippen LogP contribution in [0.15, 0.2) is 42.5 Å². The maximum absolute atomic E-state index is 12.5. The van der Waals surface area contributed by atoms with E-state index in [4.69, 9.17) is 14.2 Å². The minimum Gasteiger partial charge on any atom is -0.493 e. The number of amides is 1. The summed E-state index contributed by atoms with van der Waals surface area (Å²) in [6, 6.07) is 11.9. The molecule has 2 aromatic carbocycles. The number of nitrogens with one attached hydrogen (secondary N) is 1. The molecule has 2 rings (SSSR count). The number of anilines is 1. The van der Waals surface area contributed by atoms with Gasteiger partial charge in [0, 0.05) is 6.07 Å². The Balaban J connectivity index is 2.06. The van der Waals surface area contributed by atoms with Gasteiger partial charge in [-0.3, -0.25) is 9.10 Å². The lowest BCUT2D eigenvalue weighted by molar-refractivity contribution is -0.120. The van der Waals surface area contributed by atoms with Crippen molar-refractivity contribution in [1.29, 1.82) is 0 Å². The highest BCUT2D eigenvalue weighted by Crippen LogP contribution is 2.32. The van der Waals surface area contributed by atoms with Crippen molar-refractivity contribution in [2.75, 3.05) is 37.9 Å². The molecule has 0 fully saturated rings. The van der Waals surface area contributed by atoms with Crippen LogP contribution >= 0.6 is 0 Å². The van der Waals surface area contributed by atoms with Gasteiger partial charge < -0.3 is 19.5 Å². The fourth-order valence-electron chi connectivity index (χ4n) is 2.81. The Bertz CT molecular complexity index is 977. The summed E-state index contributed by atoms with van der Waals surface area (Å²) in [5.74, 6) is 1.11. The molecular weight excluding hydrogens is 408 g/mol. The molecule has 0 radical (unpaired) electrons. The maximum Gasteiger partial charge on any atom is 0.241 e. The molecule has 0 aliphatic rings. The zero-order valence-corrected chi connectivity index (χ0v) is 18.7. The third kappa shape index (κ3) is 6.28. The van der Waals surface area contributed by atoms with Crippen LogP contribution in [0.3, 0.4) is 0 Å². The van der Waals surface area contributed by atoms with Crippen molar-refractivity contribution in [3.8, 4) is 17.2 Å². The molecule has 164 valence electrons. The van der Waals surface area contributed by atoms with Crippen LogP contribution in [0, 0.1) is 6.92 Å². The summed E-state index contributed by atoms with van der Waals surface area (Å²) in [5.41, 5.74) is 1.29. The molecule has 1 atom stereocenters. The van der Waals surface area contributed by atoms with Crippen LogP contribution < -0.4 is 23.8 Å². The molecule has 9 heteroatoms. The number of carbonyl (C=O) groups is 1. The van der Waals surface area contributed by atoms with E-state index in [2.05, 4.69) is 5.32 Å². The van der Waals surface area contributed by atoms with Crippen LogP contribution in [-0.2, 0) is 14.8 Å². The first-order valence-corrected chi connectivity index (χ1v) is 11.2. The first-order valence-electron chi connectivity index (χ1n) is 9.33. The van der Waals surface area contributed by atoms with Gasteiger partial charge in [-0.15, -0.1) is 0 Å². The number of benzene rings is 2. The number of para-hydroxylation sites is 1. The maximum atomic E-state index is 12.5. The van der Waals surface area contributed by atoms with Crippen molar-refractivity contribution in [1.82, 2.24) is 5.32 Å². The van der Waals surface area contributed by atoms with Gasteiger partial charge in [-0.05, 0) is 37.6 Å². The normalized spacial score (nSPS) is 12.0. The smallest absolute Gasteiger partial charge is 0.241 e. The van der Waals surface area contributed by atoms with E-state index in [1.165, 1.54) is 20.3 Å². The second-order valence-corrected chi connectivity index (χ2v) is 8.76. The molecule has 1 amide bonds. The van der Waals surface area contributed by atoms with E-state index in [0.717, 1.165) is 21.9 Å². The van der Waals surface area contributed by atoms with E-state index in [1.54, 1.807) is 19.1 Å². The Morgan fingerprint density at radius 2 is 1.73 bits per heavy atom. The fraction of sp³-hybridized carbons (Fsp3) is 0.381. The van der Waals surface area contributed by atoms with Crippen molar-refractivity contribution < 1.29 is 27.4 Å². The number of carbonyl (C=O) groups excluding carboxylic acids is 1. The van der Waals surface area contributed by atoms with E-state index in [1.807, 2.05) is 31.2 Å². The Hall–Kier alpha value is -2.94. The average molecular weight is 437 g/mol. The van der Waals surface area contributed by atoms with E-state index in [-0.39, 0.29) is 19.2 Å². The predicted molar refractivity (Wildman–Crippen MR) is 116 cm³/mol. The summed E-state index contributed by atoms with van der Waals surface area (Å²) in [4.78, 5) is 12.5. The number of aryl methyl sites for hydroxylation is 1. The van der Waals surface area contributed by atoms with Gasteiger partial charge in [0.2, 0.25) is 15.9 Å². The minimum atomic E-state index is -3.71. The molecule has 0 aromatic heterocycles. The fourth-order valence-corrected chi connectivity index (χ4v) is 3.65. The number of methoxy groups -OCH3 is 2. The largest absolute Gasteiger partial charge is 0.493 e. The highest BCUT2D eigenvalue weighted by molar-refractivity contribution is 7.92. The molecule has 0 saturated heterocycles. The van der Waals surface area contributed by atoms with Crippen molar-refractivity contribution in [3.05, 3.63) is 48.0 Å². The summed E-state index contributed by atoms with van der Waals surface area (Å²) >= 11 is 0.